The van der Waals surface area contributed by atoms with Crippen molar-refractivity contribution in [3.63, 3.8) is 0 Å². The summed E-state index contributed by atoms with van der Waals surface area (Å²) in [4.78, 5) is 29.4. The Labute approximate surface area is 201 Å². The number of nitrogens with one attached hydrogen (secondary N) is 3. The molecule has 5 rings (SSSR count). The van der Waals surface area contributed by atoms with Crippen LogP contribution in [0, 0.1) is 5.41 Å². The van der Waals surface area contributed by atoms with Crippen LogP contribution < -0.4 is 16.0 Å². The standard InChI is InChI=1S/C23H28N8O2S/c1-14-18(5-16(7-24-14)27-20(32)11-30-12-23(2,3)13-30)28-21(33)17-8-26-31-10-19(34-22(17)31)15-6-25-29(4)9-15/h5-10,14,24H,11-13H2,1-4H3,(H,27,32)(H,28,33). The van der Waals surface area contributed by atoms with Gasteiger partial charge >= 0.3 is 0 Å². The molecule has 0 aromatic carbocycles. The lowest BCUT2D eigenvalue weighted by Crippen LogP contribution is -2.55. The highest BCUT2D eigenvalue weighted by Gasteiger charge is 2.34. The molecule has 3 aromatic heterocycles. The molecule has 0 bridgehead atoms. The fraction of sp³-hybridized carbons (Fsp3) is 0.391. The molecule has 0 radical (unpaired) electrons. The molecule has 34 heavy (non-hydrogen) atoms. The molecule has 0 saturated carbocycles. The average Bonchev–Trinajstić information content (AvgIpc) is 3.44. The van der Waals surface area contributed by atoms with Crippen molar-refractivity contribution >= 4 is 28.0 Å². The number of nitrogens with zero attached hydrogens (tertiary/aromatic N) is 5. The first-order valence-corrected chi connectivity index (χ1v) is 12.0. The lowest BCUT2D eigenvalue weighted by Gasteiger charge is -2.45. The van der Waals surface area contributed by atoms with Crippen LogP contribution in [0.2, 0.25) is 0 Å². The number of carbonyl (C=O) groups excluding carboxylic acids is 2. The maximum atomic E-state index is 13.1. The smallest absolute Gasteiger partial charge is 0.260 e. The van der Waals surface area contributed by atoms with Crippen LogP contribution in [0.4, 0.5) is 0 Å². The van der Waals surface area contributed by atoms with Crippen molar-refractivity contribution < 1.29 is 9.59 Å². The quantitative estimate of drug-likeness (QED) is 0.496. The second-order valence-corrected chi connectivity index (χ2v) is 10.7. The van der Waals surface area contributed by atoms with Crippen LogP contribution in [0.25, 0.3) is 15.3 Å². The molecule has 1 fully saturated rings. The normalized spacial score (nSPS) is 19.7. The molecule has 0 aliphatic carbocycles. The van der Waals surface area contributed by atoms with Crippen LogP contribution in [0.15, 0.2) is 48.5 Å². The van der Waals surface area contributed by atoms with Crippen LogP contribution in [0.5, 0.6) is 0 Å². The highest BCUT2D eigenvalue weighted by Crippen LogP contribution is 2.30. The van der Waals surface area contributed by atoms with Crippen molar-refractivity contribution in [1.82, 2.24) is 40.2 Å². The minimum absolute atomic E-state index is 0.0695. The van der Waals surface area contributed by atoms with Gasteiger partial charge in [-0.25, -0.2) is 4.52 Å². The molecule has 2 amide bonds. The van der Waals surface area contributed by atoms with E-state index in [-0.39, 0.29) is 23.3 Å². The zero-order valence-electron chi connectivity index (χ0n) is 19.6. The maximum absolute atomic E-state index is 13.1. The molecular weight excluding hydrogens is 452 g/mol. The number of hydrogen-bond donors (Lipinski definition) is 3. The summed E-state index contributed by atoms with van der Waals surface area (Å²) in [6.07, 6.45) is 10.7. The summed E-state index contributed by atoms with van der Waals surface area (Å²) in [5.41, 5.74) is 3.04. The van der Waals surface area contributed by atoms with Crippen LogP contribution in [-0.2, 0) is 11.8 Å². The van der Waals surface area contributed by atoms with Gasteiger partial charge in [-0.1, -0.05) is 13.8 Å². The Kier molecular flexibility index (Phi) is 5.53. The van der Waals surface area contributed by atoms with E-state index in [1.54, 1.807) is 33.9 Å². The fourth-order valence-electron chi connectivity index (χ4n) is 4.36. The van der Waals surface area contributed by atoms with Crippen molar-refractivity contribution in [3.05, 3.63) is 54.0 Å². The van der Waals surface area contributed by atoms with Gasteiger partial charge in [-0.2, -0.15) is 10.2 Å². The van der Waals surface area contributed by atoms with Gasteiger partial charge in [-0.3, -0.25) is 19.2 Å². The number of thiazole rings is 1. The number of likely N-dealkylation sites (tertiary alicyclic amines) is 1. The van der Waals surface area contributed by atoms with E-state index in [2.05, 4.69) is 44.9 Å². The van der Waals surface area contributed by atoms with Crippen molar-refractivity contribution in [2.24, 2.45) is 12.5 Å². The number of amides is 2. The molecular formula is C23H28N8O2S. The van der Waals surface area contributed by atoms with Crippen LogP contribution in [0.1, 0.15) is 31.1 Å². The van der Waals surface area contributed by atoms with E-state index in [1.165, 1.54) is 11.3 Å². The molecule has 1 unspecified atom stereocenters. The first-order chi connectivity index (χ1) is 16.2. The highest BCUT2D eigenvalue weighted by molar-refractivity contribution is 7.21. The SMILES string of the molecule is CC1NC=C(NC(=O)CN2CC(C)(C)C2)C=C1NC(=O)c1cnn2cc(-c3cnn(C)c3)sc12. The highest BCUT2D eigenvalue weighted by atomic mass is 32.1. The summed E-state index contributed by atoms with van der Waals surface area (Å²) >= 11 is 1.49. The number of dihydropyridines is 1. The first-order valence-electron chi connectivity index (χ1n) is 11.1. The minimum Gasteiger partial charge on any atom is -0.381 e. The number of carbonyl (C=O) groups is 2. The van der Waals surface area contributed by atoms with E-state index in [1.807, 2.05) is 26.4 Å². The number of hydrogen-bond acceptors (Lipinski definition) is 7. The van der Waals surface area contributed by atoms with Gasteiger partial charge in [-0.05, 0) is 18.4 Å². The maximum Gasteiger partial charge on any atom is 0.260 e. The molecule has 3 aromatic rings. The Morgan fingerprint density at radius 2 is 2.00 bits per heavy atom. The fourth-order valence-corrected chi connectivity index (χ4v) is 5.39. The van der Waals surface area contributed by atoms with Crippen LogP contribution >= 0.6 is 11.3 Å². The Hall–Kier alpha value is -3.44. The molecule has 178 valence electrons. The van der Waals surface area contributed by atoms with Crippen molar-refractivity contribution in [2.75, 3.05) is 19.6 Å². The lowest BCUT2D eigenvalue weighted by atomic mass is 9.84. The zero-order chi connectivity index (χ0) is 24.0. The van der Waals surface area contributed by atoms with Gasteiger partial charge in [0.05, 0.1) is 41.1 Å². The van der Waals surface area contributed by atoms with Gasteiger partial charge in [0.15, 0.2) is 0 Å². The number of aromatic nitrogens is 4. The first kappa shape index (κ1) is 22.4. The minimum atomic E-state index is -0.245. The second-order valence-electron chi connectivity index (χ2n) is 9.71. The molecule has 2 aliphatic heterocycles. The molecule has 1 atom stereocenters. The third-order valence-electron chi connectivity index (χ3n) is 5.91. The largest absolute Gasteiger partial charge is 0.381 e. The van der Waals surface area contributed by atoms with E-state index in [9.17, 15) is 9.59 Å². The van der Waals surface area contributed by atoms with Crippen molar-refractivity contribution in [3.8, 4) is 10.4 Å². The monoisotopic (exact) mass is 480 g/mol. The molecule has 5 heterocycles. The summed E-state index contributed by atoms with van der Waals surface area (Å²) < 4.78 is 3.45. The van der Waals surface area contributed by atoms with E-state index >= 15 is 0 Å². The van der Waals surface area contributed by atoms with Gasteiger partial charge in [0.25, 0.3) is 5.91 Å². The number of aryl methyl sites for hydroxylation is 1. The van der Waals surface area contributed by atoms with Crippen molar-refractivity contribution in [2.45, 2.75) is 26.8 Å². The number of fused-ring (bicyclic) bond motifs is 1. The Morgan fingerprint density at radius 1 is 1.21 bits per heavy atom. The lowest BCUT2D eigenvalue weighted by molar-refractivity contribution is -0.124. The van der Waals surface area contributed by atoms with Crippen LogP contribution in [-0.4, -0.2) is 61.8 Å². The molecule has 1 saturated heterocycles. The second kappa shape index (κ2) is 8.41. The van der Waals surface area contributed by atoms with Crippen LogP contribution in [0.3, 0.4) is 0 Å². The van der Waals surface area contributed by atoms with Gasteiger partial charge in [0.2, 0.25) is 5.91 Å². The van der Waals surface area contributed by atoms with Gasteiger partial charge < -0.3 is 16.0 Å². The molecule has 10 nitrogen and oxygen atoms in total. The third kappa shape index (κ3) is 4.48. The molecule has 11 heteroatoms. The van der Waals surface area contributed by atoms with E-state index in [0.29, 0.717) is 23.5 Å². The Balaban J connectivity index is 1.26. The summed E-state index contributed by atoms with van der Waals surface area (Å²) in [5.74, 6) is -0.315. The van der Waals surface area contributed by atoms with Gasteiger partial charge in [0.1, 0.15) is 4.83 Å². The van der Waals surface area contributed by atoms with E-state index in [0.717, 1.165) is 28.4 Å². The predicted octanol–water partition coefficient (Wildman–Crippen LogP) is 1.70. The average molecular weight is 481 g/mol. The summed E-state index contributed by atoms with van der Waals surface area (Å²) in [5, 5.41) is 17.7. The topological polar surface area (TPSA) is 109 Å². The molecule has 0 spiro atoms. The van der Waals surface area contributed by atoms with E-state index < -0.39 is 0 Å². The van der Waals surface area contributed by atoms with Gasteiger partial charge in [0, 0.05) is 50.0 Å². The summed E-state index contributed by atoms with van der Waals surface area (Å²) in [7, 11) is 1.87. The molecule has 2 aliphatic rings. The zero-order valence-corrected chi connectivity index (χ0v) is 20.4. The molecule has 3 N–H and O–H groups in total. The summed E-state index contributed by atoms with van der Waals surface area (Å²) in [6.45, 7) is 8.52. The van der Waals surface area contributed by atoms with Crippen molar-refractivity contribution in [1.29, 1.82) is 0 Å². The summed E-state index contributed by atoms with van der Waals surface area (Å²) in [6, 6.07) is -0.110. The van der Waals surface area contributed by atoms with E-state index in [4.69, 9.17) is 0 Å². The van der Waals surface area contributed by atoms with Gasteiger partial charge in [-0.15, -0.1) is 11.3 Å². The Bertz CT molecular complexity index is 1320. The number of rotatable bonds is 6. The third-order valence-corrected chi connectivity index (χ3v) is 7.07. The Morgan fingerprint density at radius 3 is 2.71 bits per heavy atom. The predicted molar refractivity (Wildman–Crippen MR) is 130 cm³/mol. The number of allylic oxidation sites excluding steroid dienone is 1.